The first kappa shape index (κ1) is 10.8. The molecule has 3 heteroatoms. The fraction of sp³-hybridized carbons (Fsp3) is 0.917. The molecule has 0 spiro atoms. The zero-order chi connectivity index (χ0) is 10.7. The smallest absolute Gasteiger partial charge is 0.267 e. The SMILES string of the molecule is CCCCN1CCCN2CCC[N+](C)=C12. The van der Waals surface area contributed by atoms with Crippen LogP contribution in [0.3, 0.4) is 0 Å². The van der Waals surface area contributed by atoms with E-state index >= 15 is 0 Å². The summed E-state index contributed by atoms with van der Waals surface area (Å²) in [6.07, 6.45) is 5.28. The van der Waals surface area contributed by atoms with E-state index in [4.69, 9.17) is 0 Å². The van der Waals surface area contributed by atoms with Gasteiger partial charge in [0.2, 0.25) is 0 Å². The molecule has 2 heterocycles. The molecule has 2 rings (SSSR count). The lowest BCUT2D eigenvalue weighted by atomic mass is 10.2. The van der Waals surface area contributed by atoms with Crippen molar-refractivity contribution in [2.45, 2.75) is 32.6 Å². The van der Waals surface area contributed by atoms with E-state index < -0.39 is 0 Å². The lowest BCUT2D eigenvalue weighted by Crippen LogP contribution is -2.57. The van der Waals surface area contributed by atoms with Crippen LogP contribution >= 0.6 is 0 Å². The van der Waals surface area contributed by atoms with Crippen molar-refractivity contribution in [3.8, 4) is 0 Å². The summed E-state index contributed by atoms with van der Waals surface area (Å²) in [6, 6.07) is 0. The molecule has 1 fully saturated rings. The van der Waals surface area contributed by atoms with E-state index in [1.54, 1.807) is 0 Å². The van der Waals surface area contributed by atoms with Gasteiger partial charge in [0.15, 0.2) is 0 Å². The largest absolute Gasteiger partial charge is 0.350 e. The first-order valence-corrected chi connectivity index (χ1v) is 6.41. The Hall–Kier alpha value is -0.730. The molecule has 0 radical (unpaired) electrons. The number of fused-ring (bicyclic) bond motifs is 1. The Morgan fingerprint density at radius 3 is 2.80 bits per heavy atom. The van der Waals surface area contributed by atoms with Crippen molar-refractivity contribution in [3.63, 3.8) is 0 Å². The second kappa shape index (κ2) is 4.86. The average molecular weight is 210 g/mol. The highest BCUT2D eigenvalue weighted by Gasteiger charge is 2.33. The van der Waals surface area contributed by atoms with Crippen LogP contribution in [0.1, 0.15) is 32.6 Å². The van der Waals surface area contributed by atoms with E-state index in [9.17, 15) is 0 Å². The Bertz CT molecular complexity index is 247. The monoisotopic (exact) mass is 210 g/mol. The minimum absolute atomic E-state index is 1.23. The van der Waals surface area contributed by atoms with Crippen molar-refractivity contribution in [2.75, 3.05) is 39.8 Å². The van der Waals surface area contributed by atoms with E-state index in [0.717, 1.165) is 0 Å². The molecular formula is C12H24N3+. The van der Waals surface area contributed by atoms with Crippen LogP contribution in [0, 0.1) is 0 Å². The van der Waals surface area contributed by atoms with Crippen LogP contribution in [0.25, 0.3) is 0 Å². The topological polar surface area (TPSA) is 9.49 Å². The highest BCUT2D eigenvalue weighted by atomic mass is 15.4. The predicted octanol–water partition coefficient (Wildman–Crippen LogP) is 1.20. The van der Waals surface area contributed by atoms with Crippen molar-refractivity contribution in [2.24, 2.45) is 0 Å². The molecule has 0 aromatic rings. The number of hydrogen-bond donors (Lipinski definition) is 0. The second-order valence-corrected chi connectivity index (χ2v) is 4.76. The normalized spacial score (nSPS) is 22.0. The molecule has 3 nitrogen and oxygen atoms in total. The van der Waals surface area contributed by atoms with Gasteiger partial charge in [-0.3, -0.25) is 14.4 Å². The van der Waals surface area contributed by atoms with E-state index in [-0.39, 0.29) is 0 Å². The van der Waals surface area contributed by atoms with Gasteiger partial charge in [0.25, 0.3) is 0 Å². The van der Waals surface area contributed by atoms with Gasteiger partial charge in [-0.25, -0.2) is 0 Å². The maximum atomic E-state index is 2.59. The Morgan fingerprint density at radius 2 is 2.00 bits per heavy atom. The van der Waals surface area contributed by atoms with Crippen molar-refractivity contribution >= 4 is 5.96 Å². The average Bonchev–Trinajstić information content (AvgIpc) is 2.26. The lowest BCUT2D eigenvalue weighted by molar-refractivity contribution is -0.515. The van der Waals surface area contributed by atoms with Gasteiger partial charge in [-0.15, -0.1) is 0 Å². The molecule has 0 atom stereocenters. The molecule has 0 aromatic heterocycles. The minimum Gasteiger partial charge on any atom is -0.267 e. The summed E-state index contributed by atoms with van der Waals surface area (Å²) < 4.78 is 2.44. The molecule has 2 aliphatic heterocycles. The molecule has 86 valence electrons. The third-order valence-electron chi connectivity index (χ3n) is 3.47. The van der Waals surface area contributed by atoms with Gasteiger partial charge in [-0.05, 0) is 6.42 Å². The van der Waals surface area contributed by atoms with Crippen LogP contribution in [0.5, 0.6) is 0 Å². The molecule has 15 heavy (non-hydrogen) atoms. The van der Waals surface area contributed by atoms with Gasteiger partial charge in [0.1, 0.15) is 0 Å². The summed E-state index contributed by atoms with van der Waals surface area (Å²) in [4.78, 5) is 5.16. The Morgan fingerprint density at radius 1 is 1.20 bits per heavy atom. The van der Waals surface area contributed by atoms with Crippen LogP contribution in [-0.2, 0) is 0 Å². The fourth-order valence-corrected chi connectivity index (χ4v) is 2.71. The number of unbranched alkanes of at least 4 members (excludes halogenated alkanes) is 1. The molecule has 0 bridgehead atoms. The first-order chi connectivity index (χ1) is 7.33. The third-order valence-corrected chi connectivity index (χ3v) is 3.47. The lowest BCUT2D eigenvalue weighted by Gasteiger charge is -2.36. The number of nitrogens with zero attached hydrogens (tertiary/aromatic N) is 3. The molecule has 0 aliphatic carbocycles. The highest BCUT2D eigenvalue weighted by molar-refractivity contribution is 5.76. The second-order valence-electron chi connectivity index (χ2n) is 4.76. The van der Waals surface area contributed by atoms with Gasteiger partial charge in [0.05, 0.1) is 39.8 Å². The molecule has 0 aromatic carbocycles. The summed E-state index contributed by atoms with van der Waals surface area (Å²) in [5, 5.41) is 0. The molecule has 2 aliphatic rings. The van der Waals surface area contributed by atoms with Gasteiger partial charge in [-0.2, -0.15) is 0 Å². The Kier molecular flexibility index (Phi) is 3.49. The van der Waals surface area contributed by atoms with Crippen LogP contribution in [0.2, 0.25) is 0 Å². The zero-order valence-corrected chi connectivity index (χ0v) is 10.2. The standard InChI is InChI=1S/C12H24N3/c1-3-4-8-14-10-6-11-15-9-5-7-13(2)12(14)15/h3-11H2,1-2H3/q+1. The predicted molar refractivity (Wildman–Crippen MR) is 63.3 cm³/mol. The van der Waals surface area contributed by atoms with E-state index in [1.807, 2.05) is 0 Å². The van der Waals surface area contributed by atoms with Crippen molar-refractivity contribution in [1.82, 2.24) is 9.80 Å². The number of guanidine groups is 1. The van der Waals surface area contributed by atoms with Crippen molar-refractivity contribution in [3.05, 3.63) is 0 Å². The molecule has 0 N–H and O–H groups in total. The molecular weight excluding hydrogens is 186 g/mol. The minimum atomic E-state index is 1.23. The third kappa shape index (κ3) is 2.27. The van der Waals surface area contributed by atoms with Crippen molar-refractivity contribution in [1.29, 1.82) is 0 Å². The maximum absolute atomic E-state index is 2.59. The fourth-order valence-electron chi connectivity index (χ4n) is 2.71. The van der Waals surface area contributed by atoms with E-state index in [0.29, 0.717) is 0 Å². The summed E-state index contributed by atoms with van der Waals surface area (Å²) in [5.41, 5.74) is 0. The van der Waals surface area contributed by atoms with Crippen molar-refractivity contribution < 1.29 is 4.58 Å². The molecule has 0 amide bonds. The summed E-state index contributed by atoms with van der Waals surface area (Å²) in [5.74, 6) is 1.50. The summed E-state index contributed by atoms with van der Waals surface area (Å²) in [7, 11) is 2.24. The van der Waals surface area contributed by atoms with Gasteiger partial charge >= 0.3 is 5.96 Å². The van der Waals surface area contributed by atoms with E-state index in [2.05, 4.69) is 28.3 Å². The van der Waals surface area contributed by atoms with Gasteiger partial charge in [-0.1, -0.05) is 13.3 Å². The quantitative estimate of drug-likeness (QED) is 0.647. The molecule has 1 saturated heterocycles. The Balaban J connectivity index is 2.09. The maximum Gasteiger partial charge on any atom is 0.350 e. The zero-order valence-electron chi connectivity index (χ0n) is 10.2. The van der Waals surface area contributed by atoms with Crippen LogP contribution < -0.4 is 0 Å². The van der Waals surface area contributed by atoms with Gasteiger partial charge < -0.3 is 0 Å². The summed E-state index contributed by atoms with van der Waals surface area (Å²) >= 11 is 0. The number of hydrogen-bond acceptors (Lipinski definition) is 2. The number of rotatable bonds is 3. The van der Waals surface area contributed by atoms with Crippen LogP contribution in [0.15, 0.2) is 0 Å². The molecule has 0 saturated carbocycles. The van der Waals surface area contributed by atoms with Crippen LogP contribution in [0.4, 0.5) is 0 Å². The Labute approximate surface area is 93.4 Å². The first-order valence-electron chi connectivity index (χ1n) is 6.41. The van der Waals surface area contributed by atoms with E-state index in [1.165, 1.54) is 64.4 Å². The summed E-state index contributed by atoms with van der Waals surface area (Å²) in [6.45, 7) is 8.54. The molecule has 0 unspecified atom stereocenters. The van der Waals surface area contributed by atoms with Crippen LogP contribution in [-0.4, -0.2) is 60.1 Å². The highest BCUT2D eigenvalue weighted by Crippen LogP contribution is 2.13. The van der Waals surface area contributed by atoms with Gasteiger partial charge in [0, 0.05) is 12.8 Å².